The molecule has 1 N–H and O–H groups in total. The third-order valence-corrected chi connectivity index (χ3v) is 3.29. The van der Waals surface area contributed by atoms with Gasteiger partial charge in [-0.1, -0.05) is 11.3 Å². The van der Waals surface area contributed by atoms with Gasteiger partial charge in [0.15, 0.2) is 0 Å². The second-order valence-corrected chi connectivity index (χ2v) is 4.99. The van der Waals surface area contributed by atoms with E-state index in [4.69, 9.17) is 4.74 Å². The van der Waals surface area contributed by atoms with Crippen LogP contribution in [0.25, 0.3) is 0 Å². The van der Waals surface area contributed by atoms with Crippen molar-refractivity contribution in [1.82, 2.24) is 15.1 Å². The molecular formula is C11H16N4O3S. The maximum Gasteiger partial charge on any atom is 0.323 e. The van der Waals surface area contributed by atoms with E-state index in [0.717, 1.165) is 12.8 Å². The summed E-state index contributed by atoms with van der Waals surface area (Å²) in [6.45, 7) is 2.49. The van der Waals surface area contributed by atoms with E-state index in [-0.39, 0.29) is 24.5 Å². The van der Waals surface area contributed by atoms with Gasteiger partial charge in [-0.3, -0.25) is 10.1 Å². The quantitative estimate of drug-likeness (QED) is 0.800. The molecule has 1 aliphatic rings. The zero-order chi connectivity index (χ0) is 13.7. The molecule has 1 aliphatic carbocycles. The van der Waals surface area contributed by atoms with Crippen LogP contribution >= 0.6 is 11.3 Å². The predicted octanol–water partition coefficient (Wildman–Crippen LogP) is 1.49. The number of nitrogens with one attached hydrogen (secondary N) is 1. The molecule has 7 nitrogen and oxygen atoms in total. The van der Waals surface area contributed by atoms with Gasteiger partial charge in [0.25, 0.3) is 0 Å². The van der Waals surface area contributed by atoms with Crippen molar-refractivity contribution in [2.75, 3.05) is 18.5 Å². The number of rotatable bonds is 6. The van der Waals surface area contributed by atoms with Gasteiger partial charge in [-0.2, -0.15) is 0 Å². The average molecular weight is 284 g/mol. The molecular weight excluding hydrogens is 268 g/mol. The largest absolute Gasteiger partial charge is 0.466 e. The number of aromatic nitrogens is 2. The van der Waals surface area contributed by atoms with Gasteiger partial charge < -0.3 is 9.64 Å². The molecule has 104 valence electrons. The highest BCUT2D eigenvalue weighted by atomic mass is 32.1. The highest BCUT2D eigenvalue weighted by Crippen LogP contribution is 2.27. The first-order valence-electron chi connectivity index (χ1n) is 6.20. The summed E-state index contributed by atoms with van der Waals surface area (Å²) in [6, 6.07) is -0.00843. The highest BCUT2D eigenvalue weighted by Gasteiger charge is 2.33. The lowest BCUT2D eigenvalue weighted by molar-refractivity contribution is -0.143. The number of esters is 1. The van der Waals surface area contributed by atoms with Crippen LogP contribution in [-0.2, 0) is 9.53 Å². The van der Waals surface area contributed by atoms with Gasteiger partial charge >= 0.3 is 12.0 Å². The lowest BCUT2D eigenvalue weighted by Gasteiger charge is -2.21. The zero-order valence-corrected chi connectivity index (χ0v) is 11.5. The molecule has 0 unspecified atom stereocenters. The summed E-state index contributed by atoms with van der Waals surface area (Å²) in [5.41, 5.74) is 1.55. The summed E-state index contributed by atoms with van der Waals surface area (Å²) in [6.07, 6.45) is 2.17. The maximum atomic E-state index is 12.1. The van der Waals surface area contributed by atoms with E-state index in [2.05, 4.69) is 15.5 Å². The van der Waals surface area contributed by atoms with Crippen LogP contribution in [-0.4, -0.2) is 46.3 Å². The van der Waals surface area contributed by atoms with Crippen molar-refractivity contribution in [1.29, 1.82) is 0 Å². The molecule has 0 radical (unpaired) electrons. The minimum absolute atomic E-state index is 0.216. The molecule has 19 heavy (non-hydrogen) atoms. The number of carbonyl (C=O) groups excluding carboxylic acids is 2. The first kappa shape index (κ1) is 13.7. The Hall–Kier alpha value is -1.70. The van der Waals surface area contributed by atoms with Crippen molar-refractivity contribution in [3.8, 4) is 0 Å². The van der Waals surface area contributed by atoms with E-state index in [1.807, 2.05) is 0 Å². The lowest BCUT2D eigenvalue weighted by atomic mass is 10.4. The predicted molar refractivity (Wildman–Crippen MR) is 69.9 cm³/mol. The number of hydrogen-bond donors (Lipinski definition) is 1. The number of amides is 2. The summed E-state index contributed by atoms with van der Waals surface area (Å²) in [5.74, 6) is -0.281. The van der Waals surface area contributed by atoms with Gasteiger partial charge in [-0.15, -0.1) is 10.2 Å². The molecule has 2 rings (SSSR count). The fourth-order valence-electron chi connectivity index (χ4n) is 1.67. The molecule has 0 bridgehead atoms. The number of hydrogen-bond acceptors (Lipinski definition) is 6. The molecule has 0 aromatic carbocycles. The molecule has 0 atom stereocenters. The Labute approximate surface area is 115 Å². The number of urea groups is 1. The molecule has 1 aromatic rings. The number of ether oxygens (including phenoxy) is 1. The van der Waals surface area contributed by atoms with Crippen LogP contribution < -0.4 is 5.32 Å². The molecule has 1 fully saturated rings. The Morgan fingerprint density at radius 1 is 1.58 bits per heavy atom. The van der Waals surface area contributed by atoms with Crippen molar-refractivity contribution in [2.24, 2.45) is 0 Å². The van der Waals surface area contributed by atoms with Gasteiger partial charge in [-0.05, 0) is 19.8 Å². The topological polar surface area (TPSA) is 84.4 Å². The molecule has 1 saturated carbocycles. The van der Waals surface area contributed by atoms with Gasteiger partial charge in [0.1, 0.15) is 5.51 Å². The monoisotopic (exact) mass is 284 g/mol. The third kappa shape index (κ3) is 4.16. The van der Waals surface area contributed by atoms with Crippen LogP contribution in [0.3, 0.4) is 0 Å². The van der Waals surface area contributed by atoms with Crippen LogP contribution in [0.5, 0.6) is 0 Å². The second-order valence-electron chi connectivity index (χ2n) is 4.15. The summed E-state index contributed by atoms with van der Waals surface area (Å²) in [4.78, 5) is 25.1. The van der Waals surface area contributed by atoms with Crippen LogP contribution in [0.4, 0.5) is 9.93 Å². The van der Waals surface area contributed by atoms with Crippen molar-refractivity contribution >= 4 is 28.5 Å². The van der Waals surface area contributed by atoms with Crippen LogP contribution in [0.1, 0.15) is 26.2 Å². The zero-order valence-electron chi connectivity index (χ0n) is 10.7. The van der Waals surface area contributed by atoms with Gasteiger partial charge in [0, 0.05) is 12.6 Å². The molecule has 2 amide bonds. The molecule has 0 aliphatic heterocycles. The number of carbonyl (C=O) groups is 2. The van der Waals surface area contributed by atoms with E-state index in [0.29, 0.717) is 18.3 Å². The fraction of sp³-hybridized carbons (Fsp3) is 0.636. The molecule has 1 heterocycles. The standard InChI is InChI=1S/C11H16N4O3S/c1-2-18-9(16)5-6-15(8-3-4-8)11(17)13-10-14-12-7-19-10/h7-8H,2-6H2,1H3,(H,13,14,17). The van der Waals surface area contributed by atoms with Crippen LogP contribution in [0, 0.1) is 0 Å². The Bertz CT molecular complexity index is 433. The maximum absolute atomic E-state index is 12.1. The summed E-state index contributed by atoms with van der Waals surface area (Å²) >= 11 is 1.26. The van der Waals surface area contributed by atoms with Crippen molar-refractivity contribution in [2.45, 2.75) is 32.2 Å². The van der Waals surface area contributed by atoms with E-state index < -0.39 is 0 Å². The fourth-order valence-corrected chi connectivity index (χ4v) is 2.11. The van der Waals surface area contributed by atoms with E-state index in [1.54, 1.807) is 17.3 Å². The van der Waals surface area contributed by atoms with Crippen LogP contribution in [0.2, 0.25) is 0 Å². The van der Waals surface area contributed by atoms with E-state index in [1.165, 1.54) is 11.3 Å². The normalized spacial score (nSPS) is 13.9. The van der Waals surface area contributed by atoms with E-state index >= 15 is 0 Å². The SMILES string of the molecule is CCOC(=O)CCN(C(=O)Nc1nncs1)C1CC1. The first-order valence-corrected chi connectivity index (χ1v) is 7.08. The van der Waals surface area contributed by atoms with Gasteiger partial charge in [-0.25, -0.2) is 4.79 Å². The van der Waals surface area contributed by atoms with E-state index in [9.17, 15) is 9.59 Å². The third-order valence-electron chi connectivity index (χ3n) is 2.68. The lowest BCUT2D eigenvalue weighted by Crippen LogP contribution is -2.38. The second kappa shape index (κ2) is 6.46. The summed E-state index contributed by atoms with van der Waals surface area (Å²) in [5, 5.41) is 10.6. The van der Waals surface area contributed by atoms with Crippen molar-refractivity contribution in [3.63, 3.8) is 0 Å². The highest BCUT2D eigenvalue weighted by molar-refractivity contribution is 7.13. The smallest absolute Gasteiger partial charge is 0.323 e. The van der Waals surface area contributed by atoms with Crippen LogP contribution in [0.15, 0.2) is 5.51 Å². The Kier molecular flexibility index (Phi) is 4.67. The Morgan fingerprint density at radius 2 is 2.37 bits per heavy atom. The minimum atomic E-state index is -0.281. The molecule has 0 spiro atoms. The number of nitrogens with zero attached hydrogens (tertiary/aromatic N) is 3. The Morgan fingerprint density at radius 3 is 2.95 bits per heavy atom. The van der Waals surface area contributed by atoms with Gasteiger partial charge in [0.2, 0.25) is 5.13 Å². The Balaban J connectivity index is 1.85. The minimum Gasteiger partial charge on any atom is -0.466 e. The van der Waals surface area contributed by atoms with Crippen molar-refractivity contribution < 1.29 is 14.3 Å². The molecule has 8 heteroatoms. The molecule has 0 saturated heterocycles. The number of anilines is 1. The van der Waals surface area contributed by atoms with Gasteiger partial charge in [0.05, 0.1) is 13.0 Å². The summed E-state index contributed by atoms with van der Waals surface area (Å²) < 4.78 is 4.86. The molecule has 1 aromatic heterocycles. The summed E-state index contributed by atoms with van der Waals surface area (Å²) in [7, 11) is 0. The van der Waals surface area contributed by atoms with Crippen molar-refractivity contribution in [3.05, 3.63) is 5.51 Å². The first-order chi connectivity index (χ1) is 9.20. The average Bonchev–Trinajstić information content (AvgIpc) is 3.08.